The normalized spacial score (nSPS) is 14.8. The van der Waals surface area contributed by atoms with Gasteiger partial charge in [-0.2, -0.15) is 5.26 Å². The van der Waals surface area contributed by atoms with Crippen molar-refractivity contribution >= 4 is 17.5 Å². The van der Waals surface area contributed by atoms with Gasteiger partial charge in [0.15, 0.2) is 0 Å². The molecule has 1 amide bonds. The molecule has 1 fully saturated rings. The van der Waals surface area contributed by atoms with E-state index >= 15 is 0 Å². The predicted molar refractivity (Wildman–Crippen MR) is 90.7 cm³/mol. The van der Waals surface area contributed by atoms with Crippen LogP contribution < -0.4 is 5.32 Å². The number of carbonyl (C=O) groups excluding carboxylic acids is 1. The first-order valence-electron chi connectivity index (χ1n) is 7.72. The monoisotopic (exact) mass is 341 g/mol. The van der Waals surface area contributed by atoms with Gasteiger partial charge in [0.25, 0.3) is 5.91 Å². The zero-order chi connectivity index (χ0) is 16.9. The second-order valence-corrected chi connectivity index (χ2v) is 5.95. The molecule has 5 nitrogen and oxygen atoms in total. The second kappa shape index (κ2) is 7.43. The van der Waals surface area contributed by atoms with E-state index in [2.05, 4.69) is 16.4 Å². The van der Waals surface area contributed by atoms with Gasteiger partial charge in [-0.3, -0.25) is 9.78 Å². The molecule has 1 aliphatic rings. The summed E-state index contributed by atoms with van der Waals surface area (Å²) in [5.41, 5.74) is 2.26. The molecule has 2 heterocycles. The second-order valence-electron chi connectivity index (χ2n) is 5.57. The molecule has 3 rings (SSSR count). The van der Waals surface area contributed by atoms with Crippen molar-refractivity contribution in [3.63, 3.8) is 0 Å². The number of carbonyl (C=O) groups is 1. The number of rotatable bonds is 3. The fourth-order valence-electron chi connectivity index (χ4n) is 2.63. The number of benzene rings is 1. The Morgan fingerprint density at radius 2 is 2.08 bits per heavy atom. The minimum absolute atomic E-state index is 0.134. The molecule has 1 aliphatic heterocycles. The quantitative estimate of drug-likeness (QED) is 0.930. The van der Waals surface area contributed by atoms with Crippen LogP contribution in [0.1, 0.15) is 28.9 Å². The molecule has 0 atom stereocenters. The van der Waals surface area contributed by atoms with Crippen LogP contribution in [-0.4, -0.2) is 30.1 Å². The summed E-state index contributed by atoms with van der Waals surface area (Å²) >= 11 is 6.23. The Morgan fingerprint density at radius 3 is 2.75 bits per heavy atom. The zero-order valence-corrected chi connectivity index (χ0v) is 13.7. The van der Waals surface area contributed by atoms with Gasteiger partial charge < -0.3 is 10.1 Å². The molecule has 2 aromatic rings. The van der Waals surface area contributed by atoms with Gasteiger partial charge in [0, 0.05) is 36.6 Å². The van der Waals surface area contributed by atoms with E-state index in [4.69, 9.17) is 21.6 Å². The molecule has 122 valence electrons. The van der Waals surface area contributed by atoms with E-state index < -0.39 is 0 Å². The van der Waals surface area contributed by atoms with Gasteiger partial charge in [-0.15, -0.1) is 0 Å². The maximum atomic E-state index is 12.2. The third-order valence-corrected chi connectivity index (χ3v) is 4.39. The highest BCUT2D eigenvalue weighted by Crippen LogP contribution is 2.30. The molecule has 0 radical (unpaired) electrons. The van der Waals surface area contributed by atoms with Crippen LogP contribution in [0.2, 0.25) is 5.02 Å². The van der Waals surface area contributed by atoms with E-state index in [1.165, 1.54) is 0 Å². The number of hydrogen-bond donors (Lipinski definition) is 1. The molecule has 1 saturated heterocycles. The number of aromatic nitrogens is 1. The molecule has 24 heavy (non-hydrogen) atoms. The van der Waals surface area contributed by atoms with E-state index in [1.807, 2.05) is 6.07 Å². The fourth-order valence-corrected chi connectivity index (χ4v) is 2.91. The highest BCUT2D eigenvalue weighted by molar-refractivity contribution is 6.34. The third kappa shape index (κ3) is 3.56. The SMILES string of the molecule is N#Cc1cccc(-c2ccc(C(=O)NC3CCOCC3)nc2)c1Cl. The molecule has 0 saturated carbocycles. The van der Waals surface area contributed by atoms with Crippen molar-refractivity contribution in [2.45, 2.75) is 18.9 Å². The Balaban J connectivity index is 1.76. The molecule has 6 heteroatoms. The number of nitrogens with zero attached hydrogens (tertiary/aromatic N) is 2. The van der Waals surface area contributed by atoms with Gasteiger partial charge in [-0.1, -0.05) is 29.8 Å². The lowest BCUT2D eigenvalue weighted by molar-refractivity contribution is 0.0694. The molecule has 0 aliphatic carbocycles. The number of ether oxygens (including phenoxy) is 1. The third-order valence-electron chi connectivity index (χ3n) is 3.98. The average molecular weight is 342 g/mol. The van der Waals surface area contributed by atoms with Gasteiger partial charge in [-0.25, -0.2) is 0 Å². The highest BCUT2D eigenvalue weighted by Gasteiger charge is 2.18. The molecule has 0 spiro atoms. The van der Waals surface area contributed by atoms with Crippen LogP contribution in [0.5, 0.6) is 0 Å². The van der Waals surface area contributed by atoms with Crippen molar-refractivity contribution in [2.75, 3.05) is 13.2 Å². The molecule has 0 bridgehead atoms. The van der Waals surface area contributed by atoms with Crippen molar-refractivity contribution in [1.82, 2.24) is 10.3 Å². The summed E-state index contributed by atoms with van der Waals surface area (Å²) in [5, 5.41) is 12.4. The Kier molecular flexibility index (Phi) is 5.09. The lowest BCUT2D eigenvalue weighted by Crippen LogP contribution is -2.39. The minimum atomic E-state index is -0.190. The Morgan fingerprint density at radius 1 is 1.29 bits per heavy atom. The van der Waals surface area contributed by atoms with Crippen LogP contribution >= 0.6 is 11.6 Å². The predicted octanol–water partition coefficient (Wildman–Crippen LogP) is 3.18. The van der Waals surface area contributed by atoms with Crippen LogP contribution in [0.15, 0.2) is 36.5 Å². The fraction of sp³-hybridized carbons (Fsp3) is 0.278. The minimum Gasteiger partial charge on any atom is -0.381 e. The summed E-state index contributed by atoms with van der Waals surface area (Å²) in [7, 11) is 0. The molecular weight excluding hydrogens is 326 g/mol. The summed E-state index contributed by atoms with van der Waals surface area (Å²) in [4.78, 5) is 16.5. The van der Waals surface area contributed by atoms with Crippen LogP contribution in [0.25, 0.3) is 11.1 Å². The topological polar surface area (TPSA) is 75.0 Å². The Labute approximate surface area is 145 Å². The van der Waals surface area contributed by atoms with E-state index in [1.54, 1.807) is 30.5 Å². The first kappa shape index (κ1) is 16.4. The highest BCUT2D eigenvalue weighted by atomic mass is 35.5. The van der Waals surface area contributed by atoms with Crippen molar-refractivity contribution in [1.29, 1.82) is 5.26 Å². The molecule has 1 N–H and O–H groups in total. The molecule has 1 aromatic carbocycles. The summed E-state index contributed by atoms with van der Waals surface area (Å²) in [6, 6.07) is 10.9. The van der Waals surface area contributed by atoms with Crippen LogP contribution in [0.4, 0.5) is 0 Å². The maximum Gasteiger partial charge on any atom is 0.270 e. The Hall–Kier alpha value is -2.42. The first-order valence-corrected chi connectivity index (χ1v) is 8.10. The zero-order valence-electron chi connectivity index (χ0n) is 13.0. The average Bonchev–Trinajstić information content (AvgIpc) is 2.63. The number of pyridine rings is 1. The van der Waals surface area contributed by atoms with E-state index in [0.717, 1.165) is 24.0 Å². The number of amides is 1. The molecule has 0 unspecified atom stereocenters. The van der Waals surface area contributed by atoms with E-state index in [0.29, 0.717) is 29.5 Å². The van der Waals surface area contributed by atoms with Gasteiger partial charge in [0.1, 0.15) is 11.8 Å². The van der Waals surface area contributed by atoms with Gasteiger partial charge in [0.05, 0.1) is 10.6 Å². The van der Waals surface area contributed by atoms with E-state index in [9.17, 15) is 4.79 Å². The Bertz CT molecular complexity index is 778. The van der Waals surface area contributed by atoms with Crippen LogP contribution in [-0.2, 0) is 4.74 Å². The largest absolute Gasteiger partial charge is 0.381 e. The first-order chi connectivity index (χ1) is 11.7. The van der Waals surface area contributed by atoms with Crippen molar-refractivity contribution in [3.05, 3.63) is 52.8 Å². The number of nitrogens with one attached hydrogen (secondary N) is 1. The van der Waals surface area contributed by atoms with Crippen molar-refractivity contribution < 1.29 is 9.53 Å². The smallest absolute Gasteiger partial charge is 0.270 e. The molecule has 1 aromatic heterocycles. The maximum absolute atomic E-state index is 12.2. The summed E-state index contributed by atoms with van der Waals surface area (Å²) < 4.78 is 5.28. The summed E-state index contributed by atoms with van der Waals surface area (Å²) in [6.07, 6.45) is 3.24. The summed E-state index contributed by atoms with van der Waals surface area (Å²) in [6.45, 7) is 1.34. The summed E-state index contributed by atoms with van der Waals surface area (Å²) in [5.74, 6) is -0.190. The lowest BCUT2D eigenvalue weighted by atomic mass is 10.0. The van der Waals surface area contributed by atoms with Gasteiger partial charge in [-0.05, 0) is 25.0 Å². The van der Waals surface area contributed by atoms with Crippen LogP contribution in [0, 0.1) is 11.3 Å². The number of nitriles is 1. The lowest BCUT2D eigenvalue weighted by Gasteiger charge is -2.22. The van der Waals surface area contributed by atoms with Crippen molar-refractivity contribution in [3.8, 4) is 17.2 Å². The standard InChI is InChI=1S/C18H16ClN3O2/c19-17-12(10-20)2-1-3-15(17)13-4-5-16(21-11-13)18(23)22-14-6-8-24-9-7-14/h1-5,11,14H,6-9H2,(H,22,23). The van der Waals surface area contributed by atoms with Gasteiger partial charge >= 0.3 is 0 Å². The van der Waals surface area contributed by atoms with Gasteiger partial charge in [0.2, 0.25) is 0 Å². The van der Waals surface area contributed by atoms with Crippen molar-refractivity contribution in [2.24, 2.45) is 0 Å². The number of hydrogen-bond acceptors (Lipinski definition) is 4. The number of halogens is 1. The van der Waals surface area contributed by atoms with E-state index in [-0.39, 0.29) is 11.9 Å². The van der Waals surface area contributed by atoms with Crippen LogP contribution in [0.3, 0.4) is 0 Å². The molecular formula is C18H16ClN3O2.